The van der Waals surface area contributed by atoms with Crippen LogP contribution in [-0.4, -0.2) is 18.1 Å². The van der Waals surface area contributed by atoms with Crippen molar-refractivity contribution < 1.29 is 4.39 Å². The van der Waals surface area contributed by atoms with E-state index in [9.17, 15) is 4.39 Å². The Kier molecular flexibility index (Phi) is 6.18. The summed E-state index contributed by atoms with van der Waals surface area (Å²) >= 11 is 2.07. The van der Waals surface area contributed by atoms with Crippen molar-refractivity contribution in [3.05, 3.63) is 35.6 Å². The maximum absolute atomic E-state index is 13.0. The van der Waals surface area contributed by atoms with E-state index in [2.05, 4.69) is 24.0 Å². The first-order valence-electron chi connectivity index (χ1n) is 7.36. The highest BCUT2D eigenvalue weighted by molar-refractivity contribution is 7.99. The van der Waals surface area contributed by atoms with Gasteiger partial charge in [-0.05, 0) is 67.3 Å². The van der Waals surface area contributed by atoms with E-state index < -0.39 is 0 Å². The first-order valence-corrected chi connectivity index (χ1v) is 8.51. The summed E-state index contributed by atoms with van der Waals surface area (Å²) in [6.45, 7) is 3.22. The van der Waals surface area contributed by atoms with E-state index in [0.29, 0.717) is 6.04 Å². The number of nitrogens with one attached hydrogen (secondary N) is 1. The maximum Gasteiger partial charge on any atom is 0.123 e. The summed E-state index contributed by atoms with van der Waals surface area (Å²) in [6.07, 6.45) is 4.98. The van der Waals surface area contributed by atoms with Gasteiger partial charge in [0.25, 0.3) is 0 Å². The molecule has 0 amide bonds. The van der Waals surface area contributed by atoms with E-state index in [1.165, 1.54) is 36.3 Å². The monoisotopic (exact) mass is 281 g/mol. The van der Waals surface area contributed by atoms with Crippen LogP contribution in [0.25, 0.3) is 0 Å². The second kappa shape index (κ2) is 7.91. The van der Waals surface area contributed by atoms with Crippen LogP contribution in [0.5, 0.6) is 0 Å². The lowest BCUT2D eigenvalue weighted by Gasteiger charge is -2.27. The second-order valence-electron chi connectivity index (χ2n) is 5.35. The van der Waals surface area contributed by atoms with Crippen molar-refractivity contribution in [3.8, 4) is 0 Å². The van der Waals surface area contributed by atoms with E-state index in [1.54, 1.807) is 12.1 Å². The predicted octanol–water partition coefficient (Wildman–Crippen LogP) is 4.40. The lowest BCUT2D eigenvalue weighted by atomic mass is 9.90. The zero-order valence-corrected chi connectivity index (χ0v) is 12.5. The third-order valence-corrected chi connectivity index (χ3v) is 4.87. The molecule has 1 N–H and O–H groups in total. The number of thioether (sulfide) groups is 1. The van der Waals surface area contributed by atoms with Crippen LogP contribution in [0.1, 0.15) is 44.2 Å². The van der Waals surface area contributed by atoms with Crippen LogP contribution in [0.15, 0.2) is 24.3 Å². The molecular weight excluding hydrogens is 257 g/mol. The minimum Gasteiger partial charge on any atom is -0.310 e. The van der Waals surface area contributed by atoms with Gasteiger partial charge in [-0.2, -0.15) is 11.8 Å². The van der Waals surface area contributed by atoms with Gasteiger partial charge >= 0.3 is 0 Å². The van der Waals surface area contributed by atoms with Crippen LogP contribution in [0.3, 0.4) is 0 Å². The molecule has 1 atom stereocenters. The fourth-order valence-corrected chi connectivity index (χ4v) is 3.87. The lowest BCUT2D eigenvalue weighted by molar-refractivity contribution is 0.370. The van der Waals surface area contributed by atoms with Crippen molar-refractivity contribution in [2.45, 2.75) is 38.6 Å². The Bertz CT molecular complexity index is 360. The van der Waals surface area contributed by atoms with Gasteiger partial charge in [-0.25, -0.2) is 4.39 Å². The quantitative estimate of drug-likeness (QED) is 0.829. The van der Waals surface area contributed by atoms with Gasteiger partial charge in [0.1, 0.15) is 5.82 Å². The van der Waals surface area contributed by atoms with Crippen LogP contribution in [0.2, 0.25) is 0 Å². The van der Waals surface area contributed by atoms with Crippen LogP contribution in [0, 0.1) is 11.7 Å². The van der Waals surface area contributed by atoms with Gasteiger partial charge in [0.05, 0.1) is 0 Å². The molecule has 1 nitrogen and oxygen atoms in total. The Morgan fingerprint density at radius 3 is 2.58 bits per heavy atom. The third-order valence-electron chi connectivity index (χ3n) is 3.82. The summed E-state index contributed by atoms with van der Waals surface area (Å²) in [7, 11) is 0. The van der Waals surface area contributed by atoms with Gasteiger partial charge in [-0.15, -0.1) is 0 Å². The first kappa shape index (κ1) is 14.9. The molecule has 0 bridgehead atoms. The van der Waals surface area contributed by atoms with Gasteiger partial charge in [0.2, 0.25) is 0 Å². The van der Waals surface area contributed by atoms with Crippen molar-refractivity contribution in [1.82, 2.24) is 5.32 Å². The predicted molar refractivity (Wildman–Crippen MR) is 82.1 cm³/mol. The smallest absolute Gasteiger partial charge is 0.123 e. The molecule has 2 rings (SSSR count). The molecule has 1 aromatic carbocycles. The van der Waals surface area contributed by atoms with E-state index in [4.69, 9.17) is 0 Å². The van der Waals surface area contributed by atoms with Gasteiger partial charge in [-0.3, -0.25) is 0 Å². The van der Waals surface area contributed by atoms with Crippen LogP contribution in [0.4, 0.5) is 4.39 Å². The Hall–Kier alpha value is -0.540. The molecule has 0 radical (unpaired) electrons. The molecule has 0 aromatic heterocycles. The average molecular weight is 281 g/mol. The molecule has 1 unspecified atom stereocenters. The summed E-state index contributed by atoms with van der Waals surface area (Å²) in [5.74, 6) is 3.27. The van der Waals surface area contributed by atoms with Crippen molar-refractivity contribution in [2.24, 2.45) is 5.92 Å². The van der Waals surface area contributed by atoms with Crippen molar-refractivity contribution in [1.29, 1.82) is 0 Å². The SMILES string of the molecule is CCCNC(CC1CCSCC1)c1ccc(F)cc1. The highest BCUT2D eigenvalue weighted by Gasteiger charge is 2.20. The fraction of sp³-hybridized carbons (Fsp3) is 0.625. The Labute approximate surface area is 120 Å². The highest BCUT2D eigenvalue weighted by Crippen LogP contribution is 2.31. The standard InChI is InChI=1S/C16H24FNS/c1-2-9-18-16(12-13-7-10-19-11-8-13)14-3-5-15(17)6-4-14/h3-6,13,16,18H,2,7-12H2,1H3. The molecule has 19 heavy (non-hydrogen) atoms. The Morgan fingerprint density at radius 2 is 1.95 bits per heavy atom. The molecule has 0 spiro atoms. The van der Waals surface area contributed by atoms with E-state index in [1.807, 2.05) is 12.1 Å². The zero-order valence-electron chi connectivity index (χ0n) is 11.7. The highest BCUT2D eigenvalue weighted by atomic mass is 32.2. The molecule has 1 heterocycles. The molecule has 1 aliphatic heterocycles. The minimum absolute atomic E-state index is 0.146. The maximum atomic E-state index is 13.0. The molecule has 1 fully saturated rings. The van der Waals surface area contributed by atoms with Crippen molar-refractivity contribution in [2.75, 3.05) is 18.1 Å². The second-order valence-corrected chi connectivity index (χ2v) is 6.57. The molecular formula is C16H24FNS. The molecule has 1 aromatic rings. The molecule has 0 aliphatic carbocycles. The van der Waals surface area contributed by atoms with E-state index >= 15 is 0 Å². The molecule has 0 saturated carbocycles. The van der Waals surface area contributed by atoms with Crippen LogP contribution >= 0.6 is 11.8 Å². The van der Waals surface area contributed by atoms with Gasteiger partial charge < -0.3 is 5.32 Å². The Morgan fingerprint density at radius 1 is 1.26 bits per heavy atom. The number of rotatable bonds is 6. The summed E-state index contributed by atoms with van der Waals surface area (Å²) < 4.78 is 13.0. The van der Waals surface area contributed by atoms with E-state index in [-0.39, 0.29) is 5.82 Å². The summed E-state index contributed by atoms with van der Waals surface area (Å²) in [4.78, 5) is 0. The molecule has 3 heteroatoms. The number of halogens is 1. The molecule has 1 aliphatic rings. The van der Waals surface area contributed by atoms with Crippen LogP contribution in [-0.2, 0) is 0 Å². The molecule has 106 valence electrons. The zero-order chi connectivity index (χ0) is 13.5. The normalized spacial score (nSPS) is 18.4. The third kappa shape index (κ3) is 4.81. The van der Waals surface area contributed by atoms with Crippen LogP contribution < -0.4 is 5.32 Å². The van der Waals surface area contributed by atoms with Gasteiger partial charge in [0, 0.05) is 6.04 Å². The minimum atomic E-state index is -0.146. The first-order chi connectivity index (χ1) is 9.29. The number of hydrogen-bond donors (Lipinski definition) is 1. The molecule has 1 saturated heterocycles. The summed E-state index contributed by atoms with van der Waals surface area (Å²) in [6, 6.07) is 7.40. The van der Waals surface area contributed by atoms with Gasteiger partial charge in [-0.1, -0.05) is 19.1 Å². The van der Waals surface area contributed by atoms with Crippen molar-refractivity contribution in [3.63, 3.8) is 0 Å². The van der Waals surface area contributed by atoms with Gasteiger partial charge in [0.15, 0.2) is 0 Å². The number of hydrogen-bond acceptors (Lipinski definition) is 2. The number of benzene rings is 1. The average Bonchev–Trinajstić information content (AvgIpc) is 2.45. The summed E-state index contributed by atoms with van der Waals surface area (Å²) in [5, 5.41) is 3.62. The summed E-state index contributed by atoms with van der Waals surface area (Å²) in [5.41, 5.74) is 1.23. The topological polar surface area (TPSA) is 12.0 Å². The largest absolute Gasteiger partial charge is 0.310 e. The van der Waals surface area contributed by atoms with E-state index in [0.717, 1.165) is 18.9 Å². The Balaban J connectivity index is 1.99. The fourth-order valence-electron chi connectivity index (χ4n) is 2.67. The van der Waals surface area contributed by atoms with Crippen molar-refractivity contribution >= 4 is 11.8 Å². The lowest BCUT2D eigenvalue weighted by Crippen LogP contribution is -2.25.